The van der Waals surface area contributed by atoms with Crippen molar-refractivity contribution in [2.75, 3.05) is 5.43 Å². The Kier molecular flexibility index (Phi) is 5.12. The van der Waals surface area contributed by atoms with Crippen molar-refractivity contribution in [3.05, 3.63) is 77.4 Å². The maximum atomic E-state index is 12.0. The fourth-order valence-electron chi connectivity index (χ4n) is 2.74. The summed E-state index contributed by atoms with van der Waals surface area (Å²) in [4.78, 5) is 19.9. The highest BCUT2D eigenvalue weighted by Crippen LogP contribution is 2.22. The van der Waals surface area contributed by atoms with Gasteiger partial charge in [0.05, 0.1) is 0 Å². The summed E-state index contributed by atoms with van der Waals surface area (Å²) in [5.74, 6) is 0.0596. The second kappa shape index (κ2) is 7.65. The molecule has 0 unspecified atom stereocenters. The molecule has 0 spiro atoms. The second-order valence-electron chi connectivity index (χ2n) is 6.02. The van der Waals surface area contributed by atoms with Crippen molar-refractivity contribution in [2.24, 2.45) is 0 Å². The Morgan fingerprint density at radius 3 is 2.46 bits per heavy atom. The SMILES string of the molecule is Cc1ccc(-n2c(C)cc(/C=C/C(=O)NNc3ncccn3)c2C)cc1. The molecule has 0 aliphatic heterocycles. The first kappa shape index (κ1) is 17.4. The lowest BCUT2D eigenvalue weighted by Gasteiger charge is -2.09. The minimum absolute atomic E-state index is 0.280. The van der Waals surface area contributed by atoms with Crippen LogP contribution in [0.5, 0.6) is 0 Å². The molecule has 2 aromatic heterocycles. The van der Waals surface area contributed by atoms with Crippen molar-refractivity contribution in [3.63, 3.8) is 0 Å². The number of amides is 1. The summed E-state index contributed by atoms with van der Waals surface area (Å²) in [6.07, 6.45) is 6.47. The van der Waals surface area contributed by atoms with Gasteiger partial charge < -0.3 is 4.57 Å². The lowest BCUT2D eigenvalue weighted by Crippen LogP contribution is -2.28. The van der Waals surface area contributed by atoms with Crippen LogP contribution in [-0.4, -0.2) is 20.4 Å². The molecular weight excluding hydrogens is 326 g/mol. The Balaban J connectivity index is 1.71. The van der Waals surface area contributed by atoms with Gasteiger partial charge in [-0.25, -0.2) is 9.97 Å². The van der Waals surface area contributed by atoms with Gasteiger partial charge in [0.15, 0.2) is 0 Å². The molecule has 6 nitrogen and oxygen atoms in total. The van der Waals surface area contributed by atoms with Crippen LogP contribution < -0.4 is 10.9 Å². The number of nitrogens with zero attached hydrogens (tertiary/aromatic N) is 3. The Labute approximate surface area is 152 Å². The van der Waals surface area contributed by atoms with Crippen LogP contribution in [0.15, 0.2) is 54.9 Å². The summed E-state index contributed by atoms with van der Waals surface area (Å²) >= 11 is 0. The van der Waals surface area contributed by atoms with Crippen LogP contribution in [-0.2, 0) is 4.79 Å². The third-order valence-corrected chi connectivity index (χ3v) is 4.04. The van der Waals surface area contributed by atoms with E-state index in [4.69, 9.17) is 0 Å². The molecular formula is C20H21N5O. The molecule has 0 radical (unpaired) electrons. The largest absolute Gasteiger partial charge is 0.318 e. The lowest BCUT2D eigenvalue weighted by atomic mass is 10.2. The molecule has 1 aromatic carbocycles. The molecule has 26 heavy (non-hydrogen) atoms. The maximum absolute atomic E-state index is 12.0. The topological polar surface area (TPSA) is 71.8 Å². The summed E-state index contributed by atoms with van der Waals surface area (Å²) in [6.45, 7) is 6.17. The Morgan fingerprint density at radius 1 is 1.08 bits per heavy atom. The number of rotatable bonds is 5. The Morgan fingerprint density at radius 2 is 1.77 bits per heavy atom. The van der Waals surface area contributed by atoms with E-state index in [0.29, 0.717) is 5.95 Å². The molecule has 3 aromatic rings. The highest BCUT2D eigenvalue weighted by atomic mass is 16.2. The van der Waals surface area contributed by atoms with Gasteiger partial charge in [0.2, 0.25) is 5.95 Å². The van der Waals surface area contributed by atoms with Crippen molar-refractivity contribution in [1.82, 2.24) is 20.0 Å². The summed E-state index contributed by atoms with van der Waals surface area (Å²) in [6, 6.07) is 12.1. The van der Waals surface area contributed by atoms with Gasteiger partial charge in [0.1, 0.15) is 0 Å². The molecule has 132 valence electrons. The average Bonchev–Trinajstić information content (AvgIpc) is 2.93. The standard InChI is InChI=1S/C20H21N5O/c1-14-5-8-18(9-6-14)25-15(2)13-17(16(25)3)7-10-19(26)23-24-20-21-11-4-12-22-20/h4-13H,1-3H3,(H,23,26)(H,21,22,24)/b10-7+. The molecule has 1 amide bonds. The smallest absolute Gasteiger partial charge is 0.262 e. The van der Waals surface area contributed by atoms with E-state index >= 15 is 0 Å². The number of hydrogen-bond donors (Lipinski definition) is 2. The van der Waals surface area contributed by atoms with Crippen molar-refractivity contribution in [3.8, 4) is 5.69 Å². The van der Waals surface area contributed by atoms with Crippen molar-refractivity contribution >= 4 is 17.9 Å². The summed E-state index contributed by atoms with van der Waals surface area (Å²) in [7, 11) is 0. The monoisotopic (exact) mass is 347 g/mol. The average molecular weight is 347 g/mol. The molecule has 0 saturated heterocycles. The Hall–Kier alpha value is -3.41. The zero-order valence-corrected chi connectivity index (χ0v) is 15.0. The van der Waals surface area contributed by atoms with Crippen LogP contribution in [0.4, 0.5) is 5.95 Å². The number of carbonyl (C=O) groups is 1. The molecule has 3 rings (SSSR count). The lowest BCUT2D eigenvalue weighted by molar-refractivity contribution is -0.116. The van der Waals surface area contributed by atoms with E-state index in [0.717, 1.165) is 22.6 Å². The Bertz CT molecular complexity index is 927. The zero-order valence-electron chi connectivity index (χ0n) is 15.0. The first-order valence-electron chi connectivity index (χ1n) is 8.31. The van der Waals surface area contributed by atoms with Gasteiger partial charge in [0, 0.05) is 35.5 Å². The molecule has 6 heteroatoms. The highest BCUT2D eigenvalue weighted by molar-refractivity contribution is 5.92. The van der Waals surface area contributed by atoms with Gasteiger partial charge in [0.25, 0.3) is 5.91 Å². The number of hydrogen-bond acceptors (Lipinski definition) is 4. The van der Waals surface area contributed by atoms with E-state index in [1.165, 1.54) is 11.6 Å². The molecule has 0 aliphatic rings. The predicted octanol–water partition coefficient (Wildman–Crippen LogP) is 3.35. The number of anilines is 1. The van der Waals surface area contributed by atoms with Crippen LogP contribution in [0, 0.1) is 20.8 Å². The van der Waals surface area contributed by atoms with Crippen molar-refractivity contribution in [2.45, 2.75) is 20.8 Å². The molecule has 0 saturated carbocycles. The van der Waals surface area contributed by atoms with E-state index in [1.54, 1.807) is 24.5 Å². The predicted molar refractivity (Wildman–Crippen MR) is 103 cm³/mol. The molecule has 0 fully saturated rings. The molecule has 0 bridgehead atoms. The van der Waals surface area contributed by atoms with Crippen LogP contribution in [0.1, 0.15) is 22.5 Å². The van der Waals surface area contributed by atoms with E-state index in [-0.39, 0.29) is 5.91 Å². The maximum Gasteiger partial charge on any atom is 0.262 e. The van der Waals surface area contributed by atoms with Gasteiger partial charge in [-0.2, -0.15) is 0 Å². The van der Waals surface area contributed by atoms with Gasteiger partial charge in [-0.3, -0.25) is 15.6 Å². The van der Waals surface area contributed by atoms with Gasteiger partial charge in [-0.05, 0) is 56.7 Å². The van der Waals surface area contributed by atoms with Crippen LogP contribution in [0.2, 0.25) is 0 Å². The molecule has 0 aliphatic carbocycles. The van der Waals surface area contributed by atoms with Crippen molar-refractivity contribution in [1.29, 1.82) is 0 Å². The summed E-state index contributed by atoms with van der Waals surface area (Å²) < 4.78 is 2.17. The van der Waals surface area contributed by atoms with Gasteiger partial charge in [-0.15, -0.1) is 0 Å². The summed E-state index contributed by atoms with van der Waals surface area (Å²) in [5.41, 5.74) is 10.7. The third kappa shape index (κ3) is 3.97. The number of nitrogens with one attached hydrogen (secondary N) is 2. The first-order valence-corrected chi connectivity index (χ1v) is 8.31. The van der Waals surface area contributed by atoms with E-state index < -0.39 is 0 Å². The summed E-state index contributed by atoms with van der Waals surface area (Å²) in [5, 5.41) is 0. The minimum Gasteiger partial charge on any atom is -0.318 e. The number of carbonyl (C=O) groups excluding carboxylic acids is 1. The van der Waals surface area contributed by atoms with Gasteiger partial charge >= 0.3 is 0 Å². The quantitative estimate of drug-likeness (QED) is 0.548. The molecule has 2 N–H and O–H groups in total. The number of aryl methyl sites for hydroxylation is 2. The van der Waals surface area contributed by atoms with E-state index in [9.17, 15) is 4.79 Å². The third-order valence-electron chi connectivity index (χ3n) is 4.04. The van der Waals surface area contributed by atoms with Crippen LogP contribution in [0.3, 0.4) is 0 Å². The van der Waals surface area contributed by atoms with E-state index in [1.807, 2.05) is 6.92 Å². The number of aromatic nitrogens is 3. The first-order chi connectivity index (χ1) is 12.5. The molecule has 0 atom stereocenters. The minimum atomic E-state index is -0.280. The fourth-order valence-corrected chi connectivity index (χ4v) is 2.74. The number of benzene rings is 1. The molecule has 2 heterocycles. The van der Waals surface area contributed by atoms with E-state index in [2.05, 4.69) is 69.6 Å². The van der Waals surface area contributed by atoms with Crippen LogP contribution in [0.25, 0.3) is 11.8 Å². The second-order valence-corrected chi connectivity index (χ2v) is 6.02. The highest BCUT2D eigenvalue weighted by Gasteiger charge is 2.09. The number of hydrazine groups is 1. The van der Waals surface area contributed by atoms with Crippen LogP contribution >= 0.6 is 0 Å². The van der Waals surface area contributed by atoms with Crippen molar-refractivity contribution < 1.29 is 4.79 Å². The normalized spacial score (nSPS) is 10.9. The fraction of sp³-hybridized carbons (Fsp3) is 0.150. The zero-order chi connectivity index (χ0) is 18.5. The van der Waals surface area contributed by atoms with Gasteiger partial charge in [-0.1, -0.05) is 17.7 Å².